The van der Waals surface area contributed by atoms with Crippen LogP contribution in [0.25, 0.3) is 0 Å². The molecule has 0 aliphatic rings. The number of hydrogen-bond acceptors (Lipinski definition) is 7. The number of esters is 1. The van der Waals surface area contributed by atoms with Crippen molar-refractivity contribution in [3.63, 3.8) is 0 Å². The van der Waals surface area contributed by atoms with E-state index in [1.54, 1.807) is 24.3 Å². The van der Waals surface area contributed by atoms with E-state index in [1.165, 1.54) is 25.0 Å². The Morgan fingerprint density at radius 2 is 2.14 bits per heavy atom. The molecule has 0 saturated carbocycles. The third kappa shape index (κ3) is 4.01. The van der Waals surface area contributed by atoms with Crippen molar-refractivity contribution in [1.29, 1.82) is 0 Å². The van der Waals surface area contributed by atoms with E-state index in [2.05, 4.69) is 20.8 Å². The quantitative estimate of drug-likeness (QED) is 0.762. The van der Waals surface area contributed by atoms with Crippen LogP contribution in [0.2, 0.25) is 0 Å². The molecule has 1 amide bonds. The molecule has 0 spiro atoms. The summed E-state index contributed by atoms with van der Waals surface area (Å²) in [6, 6.07) is 6.94. The van der Waals surface area contributed by atoms with Crippen molar-refractivity contribution < 1.29 is 19.1 Å². The molecular formula is C13H15N5O4. The van der Waals surface area contributed by atoms with Gasteiger partial charge in [-0.15, -0.1) is 5.10 Å². The molecule has 2 rings (SSSR count). The largest absolute Gasteiger partial charge is 0.495 e. The first-order valence-electron chi connectivity index (χ1n) is 6.44. The summed E-state index contributed by atoms with van der Waals surface area (Å²) in [4.78, 5) is 23.7. The summed E-state index contributed by atoms with van der Waals surface area (Å²) in [6.45, 7) is 1.31. The van der Waals surface area contributed by atoms with Gasteiger partial charge in [-0.25, -0.2) is 4.68 Å². The van der Waals surface area contributed by atoms with Crippen LogP contribution in [0.15, 0.2) is 30.6 Å². The number of anilines is 1. The smallest absolute Gasteiger partial charge is 0.328 e. The lowest BCUT2D eigenvalue weighted by Gasteiger charge is -2.14. The Morgan fingerprint density at radius 1 is 1.36 bits per heavy atom. The molecule has 0 fully saturated rings. The fourth-order valence-corrected chi connectivity index (χ4v) is 1.66. The van der Waals surface area contributed by atoms with E-state index in [9.17, 15) is 9.59 Å². The zero-order valence-electron chi connectivity index (χ0n) is 12.1. The summed E-state index contributed by atoms with van der Waals surface area (Å²) in [5.74, 6) is -0.562. The van der Waals surface area contributed by atoms with Crippen molar-refractivity contribution in [2.75, 3.05) is 12.4 Å². The number of carbonyl (C=O) groups excluding carboxylic acids is 2. The number of ether oxygens (including phenoxy) is 2. The molecule has 9 heteroatoms. The standard InChI is InChI=1S/C13H15N5O4/c1-9(22-12(19)7-18-8-14-16-17-18)13(20)15-10-5-3-4-6-11(10)21-2/h3-6,8-9H,7H2,1-2H3,(H,15,20)/t9-/m1/s1. The first-order chi connectivity index (χ1) is 10.6. The highest BCUT2D eigenvalue weighted by atomic mass is 16.5. The van der Waals surface area contributed by atoms with E-state index in [-0.39, 0.29) is 6.54 Å². The van der Waals surface area contributed by atoms with E-state index in [4.69, 9.17) is 9.47 Å². The Labute approximate surface area is 126 Å². The Balaban J connectivity index is 1.90. The van der Waals surface area contributed by atoms with Gasteiger partial charge < -0.3 is 14.8 Å². The normalized spacial score (nSPS) is 11.5. The second kappa shape index (κ2) is 7.16. The van der Waals surface area contributed by atoms with Gasteiger partial charge in [0.05, 0.1) is 12.8 Å². The van der Waals surface area contributed by atoms with Crippen molar-refractivity contribution >= 4 is 17.6 Å². The Hall–Kier alpha value is -2.97. The van der Waals surface area contributed by atoms with Gasteiger partial charge in [0.25, 0.3) is 5.91 Å². The lowest BCUT2D eigenvalue weighted by Crippen LogP contribution is -2.31. The number of methoxy groups -OCH3 is 1. The van der Waals surface area contributed by atoms with Gasteiger partial charge in [0.1, 0.15) is 18.6 Å². The third-order valence-electron chi connectivity index (χ3n) is 2.72. The second-order valence-electron chi connectivity index (χ2n) is 4.33. The van der Waals surface area contributed by atoms with Gasteiger partial charge in [-0.3, -0.25) is 9.59 Å². The van der Waals surface area contributed by atoms with Crippen molar-refractivity contribution in [2.24, 2.45) is 0 Å². The number of nitrogens with one attached hydrogen (secondary N) is 1. The molecule has 0 aliphatic heterocycles. The molecule has 2 aromatic rings. The fourth-order valence-electron chi connectivity index (χ4n) is 1.66. The summed E-state index contributed by atoms with van der Waals surface area (Å²) in [7, 11) is 1.50. The maximum atomic E-state index is 12.0. The van der Waals surface area contributed by atoms with Crippen LogP contribution < -0.4 is 10.1 Å². The van der Waals surface area contributed by atoms with E-state index in [0.29, 0.717) is 11.4 Å². The summed E-state index contributed by atoms with van der Waals surface area (Å²) in [6.07, 6.45) is 0.315. The number of hydrogen-bond donors (Lipinski definition) is 1. The summed E-state index contributed by atoms with van der Waals surface area (Å²) in [5.41, 5.74) is 0.498. The number of para-hydroxylation sites is 2. The van der Waals surface area contributed by atoms with Gasteiger partial charge in [-0.05, 0) is 29.5 Å². The van der Waals surface area contributed by atoms with Crippen LogP contribution in [0.3, 0.4) is 0 Å². The van der Waals surface area contributed by atoms with Gasteiger partial charge >= 0.3 is 5.97 Å². The first-order valence-corrected chi connectivity index (χ1v) is 6.44. The van der Waals surface area contributed by atoms with E-state index in [1.807, 2.05) is 0 Å². The van der Waals surface area contributed by atoms with Crippen LogP contribution in [0.1, 0.15) is 6.92 Å². The van der Waals surface area contributed by atoms with Gasteiger partial charge in [0, 0.05) is 0 Å². The molecule has 1 N–H and O–H groups in total. The molecular weight excluding hydrogens is 290 g/mol. The highest BCUT2D eigenvalue weighted by Crippen LogP contribution is 2.23. The van der Waals surface area contributed by atoms with Crippen molar-refractivity contribution in [2.45, 2.75) is 19.6 Å². The number of tetrazole rings is 1. The average Bonchev–Trinajstić information content (AvgIpc) is 3.00. The number of nitrogens with zero attached hydrogens (tertiary/aromatic N) is 4. The van der Waals surface area contributed by atoms with E-state index in [0.717, 1.165) is 0 Å². The summed E-state index contributed by atoms with van der Waals surface area (Å²) >= 11 is 0. The molecule has 0 bridgehead atoms. The molecule has 1 aromatic carbocycles. The predicted molar refractivity (Wildman–Crippen MR) is 75.0 cm³/mol. The zero-order chi connectivity index (χ0) is 15.9. The molecule has 22 heavy (non-hydrogen) atoms. The monoisotopic (exact) mass is 305 g/mol. The highest BCUT2D eigenvalue weighted by molar-refractivity contribution is 5.96. The maximum Gasteiger partial charge on any atom is 0.328 e. The number of rotatable bonds is 6. The fraction of sp³-hybridized carbons (Fsp3) is 0.308. The Kier molecular flexibility index (Phi) is 5.02. The van der Waals surface area contributed by atoms with Gasteiger partial charge in [0.15, 0.2) is 6.10 Å². The van der Waals surface area contributed by atoms with Crippen molar-refractivity contribution in [1.82, 2.24) is 20.2 Å². The maximum absolute atomic E-state index is 12.0. The van der Waals surface area contributed by atoms with E-state index < -0.39 is 18.0 Å². The molecule has 0 radical (unpaired) electrons. The molecule has 1 atom stereocenters. The molecule has 9 nitrogen and oxygen atoms in total. The highest BCUT2D eigenvalue weighted by Gasteiger charge is 2.19. The lowest BCUT2D eigenvalue weighted by molar-refractivity contribution is -0.153. The number of carbonyl (C=O) groups is 2. The minimum atomic E-state index is -0.964. The second-order valence-corrected chi connectivity index (χ2v) is 4.33. The van der Waals surface area contributed by atoms with Gasteiger partial charge in [-0.1, -0.05) is 12.1 Å². The molecule has 1 heterocycles. The topological polar surface area (TPSA) is 108 Å². The third-order valence-corrected chi connectivity index (χ3v) is 2.72. The molecule has 0 saturated heterocycles. The van der Waals surface area contributed by atoms with Crippen LogP contribution in [0.4, 0.5) is 5.69 Å². The molecule has 1 aromatic heterocycles. The summed E-state index contributed by atoms with van der Waals surface area (Å²) in [5, 5.41) is 13.0. The molecule has 116 valence electrons. The predicted octanol–water partition coefficient (Wildman–Crippen LogP) is 0.252. The SMILES string of the molecule is COc1ccccc1NC(=O)[C@@H](C)OC(=O)Cn1cnnn1. The van der Waals surface area contributed by atoms with Crippen molar-refractivity contribution in [3.05, 3.63) is 30.6 Å². The van der Waals surface area contributed by atoms with Gasteiger partial charge in [-0.2, -0.15) is 0 Å². The van der Waals surface area contributed by atoms with Crippen LogP contribution >= 0.6 is 0 Å². The van der Waals surface area contributed by atoms with Crippen LogP contribution in [0.5, 0.6) is 5.75 Å². The average molecular weight is 305 g/mol. The zero-order valence-corrected chi connectivity index (χ0v) is 12.1. The van der Waals surface area contributed by atoms with Crippen molar-refractivity contribution in [3.8, 4) is 5.75 Å². The minimum Gasteiger partial charge on any atom is -0.495 e. The lowest BCUT2D eigenvalue weighted by atomic mass is 10.2. The molecule has 0 aliphatic carbocycles. The number of amides is 1. The minimum absolute atomic E-state index is 0.167. The first kappa shape index (κ1) is 15.4. The summed E-state index contributed by atoms with van der Waals surface area (Å²) < 4.78 is 11.4. The Bertz CT molecular complexity index is 644. The molecule has 0 unspecified atom stereocenters. The van der Waals surface area contributed by atoms with Gasteiger partial charge in [0.2, 0.25) is 0 Å². The number of benzene rings is 1. The van der Waals surface area contributed by atoms with Crippen LogP contribution in [-0.4, -0.2) is 45.3 Å². The van der Waals surface area contributed by atoms with Crippen LogP contribution in [-0.2, 0) is 20.9 Å². The Morgan fingerprint density at radius 3 is 2.82 bits per heavy atom. The number of aromatic nitrogens is 4. The van der Waals surface area contributed by atoms with Crippen LogP contribution in [0, 0.1) is 0 Å². The van der Waals surface area contributed by atoms with E-state index >= 15 is 0 Å².